The second-order valence-electron chi connectivity index (χ2n) is 3.62. The standard InChI is InChI=1S/C11H6O6/c1-15-8-6-4(3-16-10(6)13)2-5-7(8)11(14)17-9(5)12/h2H,3H2,1H3. The van der Waals surface area contributed by atoms with E-state index in [4.69, 9.17) is 9.47 Å². The Hall–Kier alpha value is -2.37. The third kappa shape index (κ3) is 1.12. The van der Waals surface area contributed by atoms with Gasteiger partial charge in [0.05, 0.1) is 12.7 Å². The van der Waals surface area contributed by atoms with Gasteiger partial charge in [-0.15, -0.1) is 0 Å². The summed E-state index contributed by atoms with van der Waals surface area (Å²) in [6, 6.07) is 1.44. The highest BCUT2D eigenvalue weighted by atomic mass is 16.6. The van der Waals surface area contributed by atoms with Crippen LogP contribution in [0.2, 0.25) is 0 Å². The van der Waals surface area contributed by atoms with Crippen molar-refractivity contribution in [2.24, 2.45) is 0 Å². The Balaban J connectivity index is 2.38. The Morgan fingerprint density at radius 2 is 1.88 bits per heavy atom. The van der Waals surface area contributed by atoms with Gasteiger partial charge in [0.1, 0.15) is 23.5 Å². The highest BCUT2D eigenvalue weighted by Gasteiger charge is 2.39. The predicted molar refractivity (Wildman–Crippen MR) is 51.9 cm³/mol. The Kier molecular flexibility index (Phi) is 1.77. The number of fused-ring (bicyclic) bond motifs is 2. The van der Waals surface area contributed by atoms with Crippen LogP contribution in [-0.4, -0.2) is 25.0 Å². The highest BCUT2D eigenvalue weighted by Crippen LogP contribution is 2.38. The van der Waals surface area contributed by atoms with Crippen LogP contribution in [0, 0.1) is 0 Å². The molecule has 6 nitrogen and oxygen atoms in total. The molecule has 6 heteroatoms. The van der Waals surface area contributed by atoms with Gasteiger partial charge in [-0.25, -0.2) is 14.4 Å². The van der Waals surface area contributed by atoms with Crippen molar-refractivity contribution in [2.45, 2.75) is 6.61 Å². The van der Waals surface area contributed by atoms with Crippen molar-refractivity contribution < 1.29 is 28.6 Å². The zero-order valence-corrected chi connectivity index (χ0v) is 8.73. The summed E-state index contributed by atoms with van der Waals surface area (Å²) in [5.41, 5.74) is 0.828. The van der Waals surface area contributed by atoms with Crippen LogP contribution in [-0.2, 0) is 16.1 Å². The third-order valence-corrected chi connectivity index (χ3v) is 2.74. The topological polar surface area (TPSA) is 78.9 Å². The molecule has 2 heterocycles. The van der Waals surface area contributed by atoms with E-state index in [1.807, 2.05) is 0 Å². The van der Waals surface area contributed by atoms with Crippen LogP contribution in [0.15, 0.2) is 6.07 Å². The van der Waals surface area contributed by atoms with Gasteiger partial charge in [0.2, 0.25) is 0 Å². The van der Waals surface area contributed by atoms with Gasteiger partial charge in [-0.05, 0) is 6.07 Å². The van der Waals surface area contributed by atoms with Crippen LogP contribution in [0.4, 0.5) is 0 Å². The molecule has 86 valence electrons. The van der Waals surface area contributed by atoms with Gasteiger partial charge in [0, 0.05) is 5.56 Å². The van der Waals surface area contributed by atoms with E-state index in [1.54, 1.807) is 0 Å². The molecule has 0 spiro atoms. The molecule has 0 atom stereocenters. The quantitative estimate of drug-likeness (QED) is 0.525. The van der Waals surface area contributed by atoms with Gasteiger partial charge >= 0.3 is 17.9 Å². The molecule has 2 aliphatic heterocycles. The minimum absolute atomic E-state index is 0.00454. The molecule has 0 fully saturated rings. The summed E-state index contributed by atoms with van der Waals surface area (Å²) in [7, 11) is 1.32. The van der Waals surface area contributed by atoms with Gasteiger partial charge in [-0.3, -0.25) is 0 Å². The fourth-order valence-corrected chi connectivity index (χ4v) is 2.02. The first-order valence-corrected chi connectivity index (χ1v) is 4.81. The van der Waals surface area contributed by atoms with Gasteiger partial charge in [-0.1, -0.05) is 0 Å². The number of ether oxygens (including phenoxy) is 3. The zero-order valence-electron chi connectivity index (χ0n) is 8.73. The lowest BCUT2D eigenvalue weighted by Gasteiger charge is -2.06. The fraction of sp³-hybridized carbons (Fsp3) is 0.182. The molecule has 0 N–H and O–H groups in total. The molecule has 0 unspecified atom stereocenters. The largest absolute Gasteiger partial charge is 0.495 e. The monoisotopic (exact) mass is 234 g/mol. The van der Waals surface area contributed by atoms with Crippen LogP contribution < -0.4 is 4.74 Å². The predicted octanol–water partition coefficient (Wildman–Crippen LogP) is 0.676. The summed E-state index contributed by atoms with van der Waals surface area (Å²) in [5, 5.41) is 0. The lowest BCUT2D eigenvalue weighted by Crippen LogP contribution is -2.05. The normalized spacial score (nSPS) is 16.4. The van der Waals surface area contributed by atoms with E-state index in [0.717, 1.165) is 0 Å². The van der Waals surface area contributed by atoms with Crippen molar-refractivity contribution in [3.63, 3.8) is 0 Å². The Morgan fingerprint density at radius 3 is 2.59 bits per heavy atom. The molecule has 1 aromatic carbocycles. The second kappa shape index (κ2) is 3.07. The molecule has 0 aromatic heterocycles. The third-order valence-electron chi connectivity index (χ3n) is 2.74. The summed E-state index contributed by atoms with van der Waals surface area (Å²) in [6.45, 7) is 0.0687. The Morgan fingerprint density at radius 1 is 1.12 bits per heavy atom. The number of hydrogen-bond acceptors (Lipinski definition) is 6. The van der Waals surface area contributed by atoms with E-state index >= 15 is 0 Å². The van der Waals surface area contributed by atoms with Gasteiger partial charge in [0.15, 0.2) is 0 Å². The van der Waals surface area contributed by atoms with Crippen molar-refractivity contribution in [1.29, 1.82) is 0 Å². The number of methoxy groups -OCH3 is 1. The van der Waals surface area contributed by atoms with Crippen LogP contribution in [0.3, 0.4) is 0 Å². The van der Waals surface area contributed by atoms with E-state index in [1.165, 1.54) is 13.2 Å². The molecule has 2 aliphatic rings. The average Bonchev–Trinajstić information content (AvgIpc) is 2.80. The minimum atomic E-state index is -0.802. The molecule has 17 heavy (non-hydrogen) atoms. The first kappa shape index (κ1) is 9.83. The SMILES string of the molecule is COc1c2c(cc3c1C(=O)OC3=O)COC2=O. The van der Waals surface area contributed by atoms with Gasteiger partial charge in [-0.2, -0.15) is 0 Å². The minimum Gasteiger partial charge on any atom is -0.495 e. The maximum Gasteiger partial charge on any atom is 0.350 e. The number of esters is 3. The van der Waals surface area contributed by atoms with Crippen molar-refractivity contribution in [3.05, 3.63) is 28.3 Å². The first-order chi connectivity index (χ1) is 8.13. The van der Waals surface area contributed by atoms with Gasteiger partial charge in [0.25, 0.3) is 0 Å². The maximum atomic E-state index is 11.5. The summed E-state index contributed by atoms with van der Waals surface area (Å²) in [4.78, 5) is 34.4. The lowest BCUT2D eigenvalue weighted by atomic mass is 9.99. The molecule has 0 amide bonds. The van der Waals surface area contributed by atoms with E-state index < -0.39 is 17.9 Å². The zero-order chi connectivity index (χ0) is 12.2. The second-order valence-corrected chi connectivity index (χ2v) is 3.62. The lowest BCUT2D eigenvalue weighted by molar-refractivity contribution is 0.0442. The molecule has 0 saturated carbocycles. The average molecular weight is 234 g/mol. The van der Waals surface area contributed by atoms with Crippen molar-refractivity contribution in [3.8, 4) is 5.75 Å². The molecular weight excluding hydrogens is 228 g/mol. The molecule has 1 aromatic rings. The molecule has 0 radical (unpaired) electrons. The Bertz CT molecular complexity index is 586. The number of cyclic esters (lactones) is 3. The number of benzene rings is 1. The first-order valence-electron chi connectivity index (χ1n) is 4.81. The number of carbonyl (C=O) groups excluding carboxylic acids is 3. The van der Waals surface area contributed by atoms with Crippen LogP contribution in [0.25, 0.3) is 0 Å². The smallest absolute Gasteiger partial charge is 0.350 e. The summed E-state index contributed by atoms with van der Waals surface area (Å²) >= 11 is 0. The van der Waals surface area contributed by atoms with E-state index in [-0.39, 0.29) is 29.0 Å². The number of rotatable bonds is 1. The van der Waals surface area contributed by atoms with Crippen LogP contribution in [0.5, 0.6) is 5.75 Å². The van der Waals surface area contributed by atoms with Gasteiger partial charge < -0.3 is 14.2 Å². The summed E-state index contributed by atoms with van der Waals surface area (Å²) in [6.07, 6.45) is 0. The molecule has 3 rings (SSSR count). The summed E-state index contributed by atoms with van der Waals surface area (Å²) < 4.78 is 14.3. The van der Waals surface area contributed by atoms with Crippen LogP contribution >= 0.6 is 0 Å². The molecule has 0 bridgehead atoms. The molecule has 0 saturated heterocycles. The Labute approximate surface area is 95.1 Å². The molecular formula is C11H6O6. The summed E-state index contributed by atoms with van der Waals surface area (Å²) in [5.74, 6) is -2.04. The van der Waals surface area contributed by atoms with Crippen LogP contribution in [0.1, 0.15) is 36.6 Å². The maximum absolute atomic E-state index is 11.5. The number of hydrogen-bond donors (Lipinski definition) is 0. The number of carbonyl (C=O) groups is 3. The van der Waals surface area contributed by atoms with Crippen molar-refractivity contribution >= 4 is 17.9 Å². The fourth-order valence-electron chi connectivity index (χ4n) is 2.02. The highest BCUT2D eigenvalue weighted by molar-refractivity contribution is 6.18. The van der Waals surface area contributed by atoms with Crippen molar-refractivity contribution in [1.82, 2.24) is 0 Å². The molecule has 0 aliphatic carbocycles. The van der Waals surface area contributed by atoms with E-state index in [2.05, 4.69) is 4.74 Å². The van der Waals surface area contributed by atoms with Crippen molar-refractivity contribution in [2.75, 3.05) is 7.11 Å². The van der Waals surface area contributed by atoms with E-state index in [0.29, 0.717) is 5.56 Å². The van der Waals surface area contributed by atoms with E-state index in [9.17, 15) is 14.4 Å².